The topological polar surface area (TPSA) is 33.1 Å². The maximum atomic E-state index is 8.67. The molecular formula is C14H12BrNOS2. The van der Waals surface area contributed by atoms with Gasteiger partial charge in [-0.2, -0.15) is 0 Å². The number of nitrogens with zero attached hydrogens (tertiary/aromatic N) is 1. The van der Waals surface area contributed by atoms with Gasteiger partial charge in [0.05, 0.1) is 11.5 Å². The fourth-order valence-electron chi connectivity index (χ4n) is 1.35. The third kappa shape index (κ3) is 4.66. The molecule has 5 heteroatoms. The summed E-state index contributed by atoms with van der Waals surface area (Å²) in [6, 6.07) is 8.03. The van der Waals surface area contributed by atoms with Crippen LogP contribution in [0.25, 0.3) is 0 Å². The van der Waals surface area contributed by atoms with Gasteiger partial charge in [0.2, 0.25) is 0 Å². The van der Waals surface area contributed by atoms with Crippen LogP contribution in [0.15, 0.2) is 40.0 Å². The van der Waals surface area contributed by atoms with Crippen molar-refractivity contribution < 1.29 is 5.11 Å². The first-order valence-corrected chi connectivity index (χ1v) is 8.31. The molecule has 0 aromatic carbocycles. The standard InChI is InChI=1S/C14H12BrNOS2/c15-13-5-3-8-16-14(13)18-10-12-7-6-11(19-12)4-1-2-9-17/h3,5-8,17H,2,9-10H2. The zero-order valence-electron chi connectivity index (χ0n) is 10.1. The molecule has 1 N–H and O–H groups in total. The van der Waals surface area contributed by atoms with Crippen LogP contribution in [0, 0.1) is 11.8 Å². The molecule has 0 aliphatic heterocycles. The van der Waals surface area contributed by atoms with Crippen LogP contribution in [0.1, 0.15) is 16.2 Å². The molecule has 2 rings (SSSR count). The lowest BCUT2D eigenvalue weighted by Gasteiger charge is -2.00. The van der Waals surface area contributed by atoms with E-state index in [2.05, 4.69) is 38.8 Å². The van der Waals surface area contributed by atoms with Crippen molar-refractivity contribution in [2.45, 2.75) is 17.2 Å². The van der Waals surface area contributed by atoms with Crippen molar-refractivity contribution in [2.75, 3.05) is 6.61 Å². The summed E-state index contributed by atoms with van der Waals surface area (Å²) < 4.78 is 1.03. The van der Waals surface area contributed by atoms with Crippen LogP contribution in [0.5, 0.6) is 0 Å². The second kappa shape index (κ2) is 7.71. The number of halogens is 1. The summed E-state index contributed by atoms with van der Waals surface area (Å²) in [4.78, 5) is 6.65. The van der Waals surface area contributed by atoms with Crippen LogP contribution < -0.4 is 0 Å². The molecule has 19 heavy (non-hydrogen) atoms. The van der Waals surface area contributed by atoms with E-state index in [0.29, 0.717) is 6.42 Å². The molecule has 2 nitrogen and oxygen atoms in total. The number of aromatic nitrogens is 1. The third-order valence-corrected chi connectivity index (χ3v) is 5.33. The lowest BCUT2D eigenvalue weighted by molar-refractivity contribution is 0.305. The molecule has 2 aromatic rings. The highest BCUT2D eigenvalue weighted by molar-refractivity contribution is 9.10. The van der Waals surface area contributed by atoms with E-state index in [4.69, 9.17) is 5.11 Å². The fraction of sp³-hybridized carbons (Fsp3) is 0.214. The molecule has 0 amide bonds. The Bertz CT molecular complexity index is 601. The van der Waals surface area contributed by atoms with E-state index < -0.39 is 0 Å². The van der Waals surface area contributed by atoms with E-state index in [1.807, 2.05) is 18.2 Å². The van der Waals surface area contributed by atoms with E-state index in [-0.39, 0.29) is 6.61 Å². The zero-order valence-corrected chi connectivity index (χ0v) is 13.3. The number of hydrogen-bond acceptors (Lipinski definition) is 4. The predicted molar refractivity (Wildman–Crippen MR) is 84.4 cm³/mol. The minimum atomic E-state index is 0.120. The van der Waals surface area contributed by atoms with Gasteiger partial charge in [-0.3, -0.25) is 0 Å². The van der Waals surface area contributed by atoms with Crippen molar-refractivity contribution in [3.63, 3.8) is 0 Å². The molecule has 0 fully saturated rings. The van der Waals surface area contributed by atoms with Gasteiger partial charge in [-0.1, -0.05) is 23.6 Å². The third-order valence-electron chi connectivity index (χ3n) is 2.19. The van der Waals surface area contributed by atoms with Crippen LogP contribution >= 0.6 is 39.0 Å². The van der Waals surface area contributed by atoms with Crippen molar-refractivity contribution in [2.24, 2.45) is 0 Å². The van der Waals surface area contributed by atoms with Crippen molar-refractivity contribution in [1.82, 2.24) is 4.98 Å². The van der Waals surface area contributed by atoms with Crippen molar-refractivity contribution >= 4 is 39.0 Å². The SMILES string of the molecule is OCCC#Cc1ccc(CSc2ncccc2Br)s1. The quantitative estimate of drug-likeness (QED) is 0.667. The summed E-state index contributed by atoms with van der Waals surface area (Å²) in [5.74, 6) is 6.87. The van der Waals surface area contributed by atoms with E-state index >= 15 is 0 Å². The summed E-state index contributed by atoms with van der Waals surface area (Å²) in [5.41, 5.74) is 0. The van der Waals surface area contributed by atoms with Gasteiger partial charge in [0.25, 0.3) is 0 Å². The van der Waals surface area contributed by atoms with Crippen molar-refractivity contribution in [3.05, 3.63) is 44.7 Å². The Labute approximate surface area is 129 Å². The summed E-state index contributed by atoms with van der Waals surface area (Å²) in [5, 5.41) is 9.68. The summed E-state index contributed by atoms with van der Waals surface area (Å²) in [6.45, 7) is 0.120. The Kier molecular flexibility index (Phi) is 5.93. The first kappa shape index (κ1) is 14.6. The van der Waals surface area contributed by atoms with E-state index in [1.165, 1.54) is 4.88 Å². The van der Waals surface area contributed by atoms with E-state index in [1.54, 1.807) is 29.3 Å². The molecule has 0 radical (unpaired) electrons. The molecule has 0 aliphatic rings. The molecule has 98 valence electrons. The van der Waals surface area contributed by atoms with E-state index in [0.717, 1.165) is 20.1 Å². The first-order chi connectivity index (χ1) is 9.29. The highest BCUT2D eigenvalue weighted by atomic mass is 79.9. The van der Waals surface area contributed by atoms with Crippen molar-refractivity contribution in [3.8, 4) is 11.8 Å². The second-order valence-electron chi connectivity index (χ2n) is 3.62. The number of pyridine rings is 1. The van der Waals surface area contributed by atoms with Gasteiger partial charge in [-0.15, -0.1) is 11.3 Å². The Morgan fingerprint density at radius 3 is 3.05 bits per heavy atom. The lowest BCUT2D eigenvalue weighted by atomic mass is 10.4. The highest BCUT2D eigenvalue weighted by Crippen LogP contribution is 2.29. The molecule has 0 aliphatic carbocycles. The molecular weight excluding hydrogens is 342 g/mol. The lowest BCUT2D eigenvalue weighted by Crippen LogP contribution is -1.81. The van der Waals surface area contributed by atoms with Gasteiger partial charge < -0.3 is 5.11 Å². The average Bonchev–Trinajstić information content (AvgIpc) is 2.86. The monoisotopic (exact) mass is 353 g/mol. The number of hydrogen-bond donors (Lipinski definition) is 1. The molecule has 2 aromatic heterocycles. The maximum Gasteiger partial charge on any atom is 0.111 e. The second-order valence-corrected chi connectivity index (χ2v) is 6.61. The van der Waals surface area contributed by atoms with E-state index in [9.17, 15) is 0 Å². The predicted octanol–water partition coefficient (Wildman–Crippen LogP) is 3.93. The minimum absolute atomic E-state index is 0.120. The van der Waals surface area contributed by atoms with Crippen LogP contribution in [-0.4, -0.2) is 16.7 Å². The minimum Gasteiger partial charge on any atom is -0.395 e. The average molecular weight is 354 g/mol. The number of thiophene rings is 1. The maximum absolute atomic E-state index is 8.67. The Morgan fingerprint density at radius 1 is 1.37 bits per heavy atom. The summed E-state index contributed by atoms with van der Waals surface area (Å²) in [7, 11) is 0. The first-order valence-electron chi connectivity index (χ1n) is 5.71. The molecule has 0 saturated carbocycles. The summed E-state index contributed by atoms with van der Waals surface area (Å²) >= 11 is 6.89. The number of aliphatic hydroxyl groups is 1. The van der Waals surface area contributed by atoms with Crippen LogP contribution in [0.3, 0.4) is 0 Å². The summed E-state index contributed by atoms with van der Waals surface area (Å²) in [6.07, 6.45) is 2.33. The van der Waals surface area contributed by atoms with Gasteiger partial charge in [0, 0.05) is 27.7 Å². The van der Waals surface area contributed by atoms with Crippen LogP contribution in [-0.2, 0) is 5.75 Å². The smallest absolute Gasteiger partial charge is 0.111 e. The Hall–Kier alpha value is -0.800. The Balaban J connectivity index is 1.94. The van der Waals surface area contributed by atoms with Gasteiger partial charge in [-0.05, 0) is 40.2 Å². The normalized spacial score (nSPS) is 10.0. The van der Waals surface area contributed by atoms with Gasteiger partial charge in [0.1, 0.15) is 5.03 Å². The Morgan fingerprint density at radius 2 is 2.26 bits per heavy atom. The number of thioether (sulfide) groups is 1. The molecule has 0 unspecified atom stereocenters. The number of aliphatic hydroxyl groups excluding tert-OH is 1. The molecule has 0 saturated heterocycles. The molecule has 0 atom stereocenters. The van der Waals surface area contributed by atoms with Gasteiger partial charge >= 0.3 is 0 Å². The molecule has 0 bridgehead atoms. The fourth-order valence-corrected chi connectivity index (χ4v) is 3.75. The zero-order chi connectivity index (χ0) is 13.5. The van der Waals surface area contributed by atoms with Crippen LogP contribution in [0.2, 0.25) is 0 Å². The molecule has 0 spiro atoms. The van der Waals surface area contributed by atoms with Crippen molar-refractivity contribution in [1.29, 1.82) is 0 Å². The van der Waals surface area contributed by atoms with Gasteiger partial charge in [-0.25, -0.2) is 4.98 Å². The molecule has 2 heterocycles. The highest BCUT2D eigenvalue weighted by Gasteiger charge is 2.03. The largest absolute Gasteiger partial charge is 0.395 e. The number of rotatable bonds is 4. The van der Waals surface area contributed by atoms with Gasteiger partial charge in [0.15, 0.2) is 0 Å². The van der Waals surface area contributed by atoms with Crippen LogP contribution in [0.4, 0.5) is 0 Å².